The van der Waals surface area contributed by atoms with E-state index in [1.165, 1.54) is 0 Å². The highest BCUT2D eigenvalue weighted by Crippen LogP contribution is 1.99. The molecule has 2 rings (SSSR count). The Hall–Kier alpha value is -1.78. The van der Waals surface area contributed by atoms with Crippen LogP contribution in [0.3, 0.4) is 0 Å². The standard InChI is InChI=1S/C11H16N4O/c1-10(2)15-9-7-13(11(15)16)6-8-14-5-3-4-12-14/h3-5,7,9-10H,6,8H2,1-2H3. The van der Waals surface area contributed by atoms with Crippen LogP contribution in [0.25, 0.3) is 0 Å². The van der Waals surface area contributed by atoms with Gasteiger partial charge in [-0.3, -0.25) is 13.8 Å². The molecule has 0 aliphatic carbocycles. The van der Waals surface area contributed by atoms with Gasteiger partial charge in [0, 0.05) is 37.4 Å². The van der Waals surface area contributed by atoms with E-state index in [1.807, 2.05) is 43.2 Å². The van der Waals surface area contributed by atoms with Gasteiger partial charge in [-0.05, 0) is 19.9 Å². The lowest BCUT2D eigenvalue weighted by Crippen LogP contribution is -2.26. The molecular formula is C11H16N4O. The Morgan fingerprint density at radius 1 is 1.25 bits per heavy atom. The summed E-state index contributed by atoms with van der Waals surface area (Å²) < 4.78 is 5.25. The van der Waals surface area contributed by atoms with Crippen molar-refractivity contribution < 1.29 is 0 Å². The van der Waals surface area contributed by atoms with Crippen LogP contribution in [0.1, 0.15) is 19.9 Å². The number of aromatic nitrogens is 4. The predicted molar refractivity (Wildman–Crippen MR) is 61.3 cm³/mol. The Labute approximate surface area is 93.9 Å². The molecule has 0 unspecified atom stereocenters. The van der Waals surface area contributed by atoms with Crippen LogP contribution >= 0.6 is 0 Å². The highest BCUT2D eigenvalue weighted by Gasteiger charge is 2.05. The minimum absolute atomic E-state index is 0.0437. The van der Waals surface area contributed by atoms with Crippen molar-refractivity contribution in [2.24, 2.45) is 0 Å². The van der Waals surface area contributed by atoms with Crippen molar-refractivity contribution in [3.63, 3.8) is 0 Å². The van der Waals surface area contributed by atoms with Gasteiger partial charge in [-0.25, -0.2) is 4.79 Å². The highest BCUT2D eigenvalue weighted by molar-refractivity contribution is 4.84. The van der Waals surface area contributed by atoms with Crippen molar-refractivity contribution in [1.29, 1.82) is 0 Å². The number of nitrogens with zero attached hydrogens (tertiary/aromatic N) is 4. The molecule has 0 saturated heterocycles. The zero-order chi connectivity index (χ0) is 11.5. The summed E-state index contributed by atoms with van der Waals surface area (Å²) in [6, 6.07) is 2.08. The largest absolute Gasteiger partial charge is 0.328 e. The fourth-order valence-electron chi connectivity index (χ4n) is 1.63. The van der Waals surface area contributed by atoms with E-state index < -0.39 is 0 Å². The van der Waals surface area contributed by atoms with Crippen LogP contribution in [-0.4, -0.2) is 18.9 Å². The fourth-order valence-corrected chi connectivity index (χ4v) is 1.63. The fraction of sp³-hybridized carbons (Fsp3) is 0.455. The number of imidazole rings is 1. The van der Waals surface area contributed by atoms with Crippen LogP contribution in [0.2, 0.25) is 0 Å². The first-order valence-electron chi connectivity index (χ1n) is 5.43. The summed E-state index contributed by atoms with van der Waals surface area (Å²) in [7, 11) is 0. The molecule has 2 heterocycles. The van der Waals surface area contributed by atoms with E-state index >= 15 is 0 Å². The molecular weight excluding hydrogens is 204 g/mol. The second kappa shape index (κ2) is 4.38. The van der Waals surface area contributed by atoms with E-state index in [-0.39, 0.29) is 11.7 Å². The SMILES string of the molecule is CC(C)n1ccn(CCn2cccn2)c1=O. The summed E-state index contributed by atoms with van der Waals surface area (Å²) in [5, 5.41) is 4.10. The van der Waals surface area contributed by atoms with Crippen LogP contribution in [-0.2, 0) is 13.1 Å². The summed E-state index contributed by atoms with van der Waals surface area (Å²) in [5.74, 6) is 0. The van der Waals surface area contributed by atoms with E-state index in [2.05, 4.69) is 5.10 Å². The van der Waals surface area contributed by atoms with Crippen LogP contribution in [0.5, 0.6) is 0 Å². The number of hydrogen-bond donors (Lipinski definition) is 0. The van der Waals surface area contributed by atoms with Crippen LogP contribution in [0, 0.1) is 0 Å². The molecule has 0 bridgehead atoms. The molecule has 0 amide bonds. The first-order chi connectivity index (χ1) is 7.68. The Morgan fingerprint density at radius 2 is 2.06 bits per heavy atom. The zero-order valence-corrected chi connectivity index (χ0v) is 9.58. The van der Waals surface area contributed by atoms with E-state index in [4.69, 9.17) is 0 Å². The molecule has 0 radical (unpaired) electrons. The summed E-state index contributed by atoms with van der Waals surface area (Å²) in [4.78, 5) is 11.9. The second-order valence-corrected chi connectivity index (χ2v) is 4.04. The molecule has 0 atom stereocenters. The van der Waals surface area contributed by atoms with Gasteiger partial charge in [0.1, 0.15) is 0 Å². The first kappa shape index (κ1) is 10.7. The first-order valence-corrected chi connectivity index (χ1v) is 5.43. The van der Waals surface area contributed by atoms with E-state index in [0.29, 0.717) is 6.54 Å². The lowest BCUT2D eigenvalue weighted by atomic mass is 10.4. The molecule has 86 valence electrons. The van der Waals surface area contributed by atoms with Crippen molar-refractivity contribution in [1.82, 2.24) is 18.9 Å². The molecule has 5 nitrogen and oxygen atoms in total. The summed E-state index contributed by atoms with van der Waals surface area (Å²) in [6.07, 6.45) is 7.29. The average molecular weight is 220 g/mol. The van der Waals surface area contributed by atoms with Crippen molar-refractivity contribution >= 4 is 0 Å². The maximum absolute atomic E-state index is 11.9. The van der Waals surface area contributed by atoms with Gasteiger partial charge in [0.15, 0.2) is 0 Å². The van der Waals surface area contributed by atoms with Gasteiger partial charge < -0.3 is 0 Å². The molecule has 2 aromatic heterocycles. The zero-order valence-electron chi connectivity index (χ0n) is 9.58. The summed E-state index contributed by atoms with van der Waals surface area (Å²) >= 11 is 0. The van der Waals surface area contributed by atoms with Gasteiger partial charge in [0.25, 0.3) is 0 Å². The van der Waals surface area contributed by atoms with Gasteiger partial charge in [-0.1, -0.05) is 0 Å². The van der Waals surface area contributed by atoms with E-state index in [1.54, 1.807) is 15.3 Å². The van der Waals surface area contributed by atoms with Crippen molar-refractivity contribution in [2.75, 3.05) is 0 Å². The van der Waals surface area contributed by atoms with E-state index in [9.17, 15) is 4.79 Å². The third-order valence-corrected chi connectivity index (χ3v) is 2.56. The minimum atomic E-state index is 0.0437. The molecule has 0 N–H and O–H groups in total. The normalized spacial score (nSPS) is 11.2. The smallest absolute Gasteiger partial charge is 0.297 e. The topological polar surface area (TPSA) is 44.8 Å². The van der Waals surface area contributed by atoms with Crippen molar-refractivity contribution in [2.45, 2.75) is 33.0 Å². The van der Waals surface area contributed by atoms with Crippen LogP contribution < -0.4 is 5.69 Å². The summed E-state index contributed by atoms with van der Waals surface area (Å²) in [6.45, 7) is 5.37. The highest BCUT2D eigenvalue weighted by atomic mass is 16.1. The molecule has 0 spiro atoms. The Bertz CT molecular complexity index is 492. The number of hydrogen-bond acceptors (Lipinski definition) is 2. The Morgan fingerprint density at radius 3 is 2.62 bits per heavy atom. The Kier molecular flexibility index (Phi) is 2.94. The van der Waals surface area contributed by atoms with Crippen LogP contribution in [0.4, 0.5) is 0 Å². The lowest BCUT2D eigenvalue weighted by Gasteiger charge is -2.05. The molecule has 0 aliphatic rings. The van der Waals surface area contributed by atoms with Crippen molar-refractivity contribution in [3.8, 4) is 0 Å². The molecule has 2 aromatic rings. The average Bonchev–Trinajstić information content (AvgIpc) is 2.84. The monoisotopic (exact) mass is 220 g/mol. The third-order valence-electron chi connectivity index (χ3n) is 2.56. The van der Waals surface area contributed by atoms with Gasteiger partial charge in [0.05, 0.1) is 6.54 Å². The maximum Gasteiger partial charge on any atom is 0.328 e. The Balaban J connectivity index is 2.08. The number of aryl methyl sites for hydroxylation is 2. The van der Waals surface area contributed by atoms with Gasteiger partial charge in [0.2, 0.25) is 0 Å². The third kappa shape index (κ3) is 2.08. The molecule has 0 saturated carbocycles. The van der Waals surface area contributed by atoms with Crippen molar-refractivity contribution in [3.05, 3.63) is 41.3 Å². The minimum Gasteiger partial charge on any atom is -0.297 e. The molecule has 5 heteroatoms. The second-order valence-electron chi connectivity index (χ2n) is 4.04. The predicted octanol–water partition coefficient (Wildman–Crippen LogP) is 1.13. The summed E-state index contributed by atoms with van der Waals surface area (Å²) in [5.41, 5.74) is 0.0437. The van der Waals surface area contributed by atoms with Crippen LogP contribution in [0.15, 0.2) is 35.6 Å². The maximum atomic E-state index is 11.9. The molecule has 16 heavy (non-hydrogen) atoms. The van der Waals surface area contributed by atoms with Gasteiger partial charge in [-0.2, -0.15) is 5.10 Å². The molecule has 0 aliphatic heterocycles. The lowest BCUT2D eigenvalue weighted by molar-refractivity contribution is 0.501. The number of rotatable bonds is 4. The van der Waals surface area contributed by atoms with Gasteiger partial charge >= 0.3 is 5.69 Å². The quantitative estimate of drug-likeness (QED) is 0.775. The van der Waals surface area contributed by atoms with E-state index in [0.717, 1.165) is 6.54 Å². The molecule has 0 aromatic carbocycles. The van der Waals surface area contributed by atoms with Gasteiger partial charge in [-0.15, -0.1) is 0 Å². The molecule has 0 fully saturated rings.